The van der Waals surface area contributed by atoms with Crippen LogP contribution in [-0.4, -0.2) is 93.2 Å². The largest absolute Gasteiger partial charge is 0.497 e. The zero-order chi connectivity index (χ0) is 34.3. The lowest BCUT2D eigenvalue weighted by Crippen LogP contribution is -2.27. The van der Waals surface area contributed by atoms with E-state index in [1.807, 2.05) is 48.7 Å². The normalized spacial score (nSPS) is 10.8. The minimum atomic E-state index is -0.124. The molecule has 5 N–H and O–H groups in total. The van der Waals surface area contributed by atoms with E-state index >= 15 is 0 Å². The monoisotopic (exact) mass is 670 g/mol. The lowest BCUT2D eigenvalue weighted by Gasteiger charge is -2.13. The van der Waals surface area contributed by atoms with Gasteiger partial charge in [0.2, 0.25) is 17.8 Å². The first-order valence-electron chi connectivity index (χ1n) is 15.9. The Hall–Kier alpha value is -5.60. The number of carbonyl (C=O) groups is 1. The molecule has 0 aliphatic rings. The summed E-state index contributed by atoms with van der Waals surface area (Å²) in [6, 6.07) is 20.5. The maximum Gasteiger partial charge on any atom is 0.251 e. The van der Waals surface area contributed by atoms with Crippen LogP contribution < -0.4 is 35.5 Å². The van der Waals surface area contributed by atoms with Gasteiger partial charge in [0.15, 0.2) is 11.5 Å². The minimum Gasteiger partial charge on any atom is -0.497 e. The van der Waals surface area contributed by atoms with Gasteiger partial charge in [-0.3, -0.25) is 4.79 Å². The molecule has 14 heteroatoms. The number of hydrogen-bond donors (Lipinski definition) is 5. The number of anilines is 4. The van der Waals surface area contributed by atoms with Gasteiger partial charge in [-0.1, -0.05) is 18.2 Å². The highest BCUT2D eigenvalue weighted by molar-refractivity contribution is 5.94. The van der Waals surface area contributed by atoms with Crippen LogP contribution in [0.5, 0.6) is 17.2 Å². The van der Waals surface area contributed by atoms with E-state index in [1.54, 1.807) is 45.6 Å². The number of hydrogen-bond acceptors (Lipinski definition) is 12. The second kappa shape index (κ2) is 18.1. The lowest BCUT2D eigenvalue weighted by molar-refractivity contribution is 0.0519. The van der Waals surface area contributed by atoms with Crippen LogP contribution in [0.2, 0.25) is 0 Å². The molecule has 2 heterocycles. The summed E-state index contributed by atoms with van der Waals surface area (Å²) in [6.45, 7) is 3.08. The van der Waals surface area contributed by atoms with E-state index in [0.29, 0.717) is 81.0 Å². The van der Waals surface area contributed by atoms with Crippen LogP contribution in [0, 0.1) is 0 Å². The Morgan fingerprint density at radius 3 is 2.16 bits per heavy atom. The molecule has 0 spiro atoms. The Balaban J connectivity index is 1.12. The maximum absolute atomic E-state index is 12.1. The number of benzene rings is 3. The smallest absolute Gasteiger partial charge is 0.251 e. The van der Waals surface area contributed by atoms with Crippen LogP contribution in [0.4, 0.5) is 23.5 Å². The molecule has 0 atom stereocenters. The van der Waals surface area contributed by atoms with Gasteiger partial charge in [0.05, 0.1) is 47.8 Å². The van der Waals surface area contributed by atoms with Crippen molar-refractivity contribution in [2.75, 3.05) is 83.3 Å². The van der Waals surface area contributed by atoms with Crippen molar-refractivity contribution < 1.29 is 28.5 Å². The molecule has 0 saturated heterocycles. The molecule has 0 radical (unpaired) electrons. The molecule has 0 aliphatic carbocycles. The average molecular weight is 671 g/mol. The van der Waals surface area contributed by atoms with E-state index in [0.717, 1.165) is 34.3 Å². The molecule has 0 fully saturated rings. The molecular formula is C35H42N8O6. The quantitative estimate of drug-likeness (QED) is 0.0729. The highest BCUT2D eigenvalue weighted by Crippen LogP contribution is 2.31. The number of amides is 1. The fraction of sp³-hybridized carbons (Fsp3) is 0.314. The molecule has 49 heavy (non-hydrogen) atoms. The van der Waals surface area contributed by atoms with Gasteiger partial charge >= 0.3 is 0 Å². The topological polar surface area (TPSA) is 166 Å². The number of rotatable bonds is 20. The van der Waals surface area contributed by atoms with E-state index in [1.165, 1.54) is 0 Å². The predicted octanol–water partition coefficient (Wildman–Crippen LogP) is 4.65. The van der Waals surface area contributed by atoms with Gasteiger partial charge < -0.3 is 49.9 Å². The zero-order valence-electron chi connectivity index (χ0n) is 27.9. The van der Waals surface area contributed by atoms with Crippen LogP contribution in [0.15, 0.2) is 72.9 Å². The first kappa shape index (κ1) is 34.7. The van der Waals surface area contributed by atoms with Crippen LogP contribution >= 0.6 is 0 Å². The molecule has 5 rings (SSSR count). The van der Waals surface area contributed by atoms with Crippen LogP contribution in [0.1, 0.15) is 15.9 Å². The van der Waals surface area contributed by atoms with Crippen molar-refractivity contribution in [3.8, 4) is 17.2 Å². The third-order valence-electron chi connectivity index (χ3n) is 7.40. The Labute approximate surface area is 284 Å². The maximum atomic E-state index is 12.1. The number of methoxy groups -OCH3 is 3. The van der Waals surface area contributed by atoms with E-state index in [-0.39, 0.29) is 5.91 Å². The van der Waals surface area contributed by atoms with Gasteiger partial charge in [-0.05, 0) is 54.4 Å². The molecule has 0 unspecified atom stereocenters. The summed E-state index contributed by atoms with van der Waals surface area (Å²) in [7, 11) is 4.83. The van der Waals surface area contributed by atoms with Gasteiger partial charge in [0.25, 0.3) is 5.91 Å². The third kappa shape index (κ3) is 10.2. The lowest BCUT2D eigenvalue weighted by atomic mass is 10.1. The summed E-state index contributed by atoms with van der Waals surface area (Å²) < 4.78 is 27.5. The molecule has 0 saturated carbocycles. The molecule has 0 aliphatic heterocycles. The number of aromatic amines is 1. The zero-order valence-corrected chi connectivity index (χ0v) is 27.9. The molecule has 1 amide bonds. The number of aromatic nitrogens is 4. The average Bonchev–Trinajstić information content (AvgIpc) is 3.54. The Kier molecular flexibility index (Phi) is 12.8. The fourth-order valence-corrected chi connectivity index (χ4v) is 4.92. The Morgan fingerprint density at radius 2 is 1.43 bits per heavy atom. The summed E-state index contributed by atoms with van der Waals surface area (Å²) in [4.78, 5) is 29.1. The molecule has 5 aromatic rings. The van der Waals surface area contributed by atoms with Crippen LogP contribution in [0.25, 0.3) is 10.9 Å². The summed E-state index contributed by atoms with van der Waals surface area (Å²) in [5.41, 5.74) is 3.53. The second-order valence-electron chi connectivity index (χ2n) is 10.7. The van der Waals surface area contributed by atoms with E-state index < -0.39 is 0 Å². The van der Waals surface area contributed by atoms with Crippen molar-refractivity contribution in [3.63, 3.8) is 0 Å². The third-order valence-corrected chi connectivity index (χ3v) is 7.40. The standard InChI is InChI=1S/C35H42N8O6/c1-45-27-10-11-29-28(22-27)25(23-39-29)13-14-37-33-41-34(43-35(42-33)40-26-9-12-30(46-2)31(21-26)47-3)38-16-18-49-20-19-48-17-15-36-32(44)24-7-5-4-6-8-24/h4-12,21-23,39H,13-20H2,1-3H3,(H,36,44)(H3,37,38,40,41,42,43). The summed E-state index contributed by atoms with van der Waals surface area (Å²) in [6.07, 6.45) is 2.74. The molecule has 258 valence electrons. The highest BCUT2D eigenvalue weighted by Gasteiger charge is 2.11. The van der Waals surface area contributed by atoms with Gasteiger partial charge in [-0.15, -0.1) is 0 Å². The summed E-state index contributed by atoms with van der Waals surface area (Å²) in [5.74, 6) is 3.01. The molecule has 2 aromatic heterocycles. The fourth-order valence-electron chi connectivity index (χ4n) is 4.92. The predicted molar refractivity (Wildman–Crippen MR) is 189 cm³/mol. The minimum absolute atomic E-state index is 0.124. The number of ether oxygens (including phenoxy) is 5. The van der Waals surface area contributed by atoms with Gasteiger partial charge in [0.1, 0.15) is 5.75 Å². The number of nitrogens with zero attached hydrogens (tertiary/aromatic N) is 3. The Bertz CT molecular complexity index is 1790. The van der Waals surface area contributed by atoms with E-state index in [9.17, 15) is 4.79 Å². The van der Waals surface area contributed by atoms with E-state index in [2.05, 4.69) is 41.2 Å². The molecular weight excluding hydrogens is 628 g/mol. The second-order valence-corrected chi connectivity index (χ2v) is 10.7. The number of H-pyrrole nitrogens is 1. The van der Waals surface area contributed by atoms with Crippen LogP contribution in [-0.2, 0) is 15.9 Å². The van der Waals surface area contributed by atoms with Gasteiger partial charge in [-0.2, -0.15) is 15.0 Å². The van der Waals surface area contributed by atoms with Crippen molar-refractivity contribution in [1.82, 2.24) is 25.3 Å². The van der Waals surface area contributed by atoms with E-state index in [4.69, 9.17) is 23.7 Å². The summed E-state index contributed by atoms with van der Waals surface area (Å²) in [5, 5.41) is 13.7. The van der Waals surface area contributed by atoms with Crippen molar-refractivity contribution in [2.24, 2.45) is 0 Å². The van der Waals surface area contributed by atoms with Gasteiger partial charge in [0, 0.05) is 54.1 Å². The SMILES string of the molecule is COc1ccc2[nH]cc(CCNc3nc(NCCOCCOCCNC(=O)c4ccccc4)nc(Nc4ccc(OC)c(OC)c4)n3)c2c1. The summed E-state index contributed by atoms with van der Waals surface area (Å²) >= 11 is 0. The first-order chi connectivity index (χ1) is 24.1. The number of fused-ring (bicyclic) bond motifs is 1. The van der Waals surface area contributed by atoms with Crippen LogP contribution in [0.3, 0.4) is 0 Å². The van der Waals surface area contributed by atoms with Crippen molar-refractivity contribution in [2.45, 2.75) is 6.42 Å². The Morgan fingerprint density at radius 1 is 0.714 bits per heavy atom. The molecule has 14 nitrogen and oxygen atoms in total. The molecule has 3 aromatic carbocycles. The van der Waals surface area contributed by atoms with Gasteiger partial charge in [-0.25, -0.2) is 0 Å². The highest BCUT2D eigenvalue weighted by atomic mass is 16.5. The van der Waals surface area contributed by atoms with Crippen molar-refractivity contribution >= 4 is 40.3 Å². The number of nitrogens with one attached hydrogen (secondary N) is 5. The number of carbonyl (C=O) groups excluding carboxylic acids is 1. The van der Waals surface area contributed by atoms with Crippen molar-refractivity contribution in [3.05, 3.63) is 84.1 Å². The molecule has 0 bridgehead atoms. The first-order valence-corrected chi connectivity index (χ1v) is 15.9. The van der Waals surface area contributed by atoms with Crippen molar-refractivity contribution in [1.29, 1.82) is 0 Å².